The molecule has 1 aromatic carbocycles. The first-order valence-electron chi connectivity index (χ1n) is 7.41. The van der Waals surface area contributed by atoms with Gasteiger partial charge in [-0.1, -0.05) is 19.8 Å². The molecule has 1 amide bonds. The van der Waals surface area contributed by atoms with E-state index < -0.39 is 0 Å². The molecule has 0 spiro atoms. The summed E-state index contributed by atoms with van der Waals surface area (Å²) in [6.45, 7) is 2.21. The van der Waals surface area contributed by atoms with Crippen molar-refractivity contribution in [3.8, 4) is 11.5 Å². The van der Waals surface area contributed by atoms with E-state index in [0.29, 0.717) is 23.4 Å². The first-order valence-corrected chi connectivity index (χ1v) is 7.41. The summed E-state index contributed by atoms with van der Waals surface area (Å²) < 4.78 is 5.13. The number of carbonyl (C=O) groups excluding carboxylic acids is 1. The normalized spacial score (nSPS) is 22.0. The van der Waals surface area contributed by atoms with Gasteiger partial charge in [-0.15, -0.1) is 10.2 Å². The molecule has 0 bridgehead atoms. The van der Waals surface area contributed by atoms with Crippen LogP contribution in [0.5, 0.6) is 0 Å². The second-order valence-electron chi connectivity index (χ2n) is 5.66. The zero-order valence-electron chi connectivity index (χ0n) is 12.1. The van der Waals surface area contributed by atoms with Gasteiger partial charge in [-0.2, -0.15) is 0 Å². The number of hydrogen-bond donors (Lipinski definition) is 1. The van der Waals surface area contributed by atoms with E-state index in [1.165, 1.54) is 25.7 Å². The largest absolute Gasteiger partial charge is 0.423 e. The molecule has 1 saturated carbocycles. The minimum Gasteiger partial charge on any atom is -0.423 e. The Morgan fingerprint density at radius 2 is 2.00 bits per heavy atom. The average molecular weight is 285 g/mol. The van der Waals surface area contributed by atoms with Crippen LogP contribution >= 0.6 is 0 Å². The highest BCUT2D eigenvalue weighted by atomic mass is 16.4. The summed E-state index contributed by atoms with van der Waals surface area (Å²) in [4.78, 5) is 12.3. The zero-order valence-corrected chi connectivity index (χ0v) is 12.1. The van der Waals surface area contributed by atoms with Gasteiger partial charge in [0.2, 0.25) is 12.3 Å². The zero-order chi connectivity index (χ0) is 14.7. The Bertz CT molecular complexity index is 592. The third-order valence-electron chi connectivity index (χ3n) is 4.18. The smallest absolute Gasteiger partial charge is 0.251 e. The molecule has 2 aromatic rings. The Labute approximate surface area is 123 Å². The van der Waals surface area contributed by atoms with E-state index in [-0.39, 0.29) is 5.91 Å². The quantitative estimate of drug-likeness (QED) is 0.941. The van der Waals surface area contributed by atoms with Crippen LogP contribution in [0.4, 0.5) is 0 Å². The van der Waals surface area contributed by atoms with Crippen LogP contribution in [0.2, 0.25) is 0 Å². The third-order valence-corrected chi connectivity index (χ3v) is 4.18. The molecule has 5 heteroatoms. The molecule has 0 radical (unpaired) electrons. The molecule has 110 valence electrons. The number of nitrogens with one attached hydrogen (secondary N) is 1. The molecule has 0 aliphatic heterocycles. The topological polar surface area (TPSA) is 68.0 Å². The number of rotatable bonds is 3. The van der Waals surface area contributed by atoms with Gasteiger partial charge in [-0.3, -0.25) is 4.79 Å². The molecule has 21 heavy (non-hydrogen) atoms. The standard InChI is InChI=1S/C16H19N3O2/c1-11-4-2-3-5-14(11)18-15(20)12-6-8-13(9-7-12)16-19-17-10-21-16/h6-11,14H,2-5H2,1H3,(H,18,20)/t11-,14+/m0/s1. The van der Waals surface area contributed by atoms with Crippen molar-refractivity contribution in [2.75, 3.05) is 0 Å². The fourth-order valence-electron chi connectivity index (χ4n) is 2.85. The lowest BCUT2D eigenvalue weighted by atomic mass is 9.86. The maximum Gasteiger partial charge on any atom is 0.251 e. The van der Waals surface area contributed by atoms with E-state index in [1.807, 2.05) is 12.1 Å². The fourth-order valence-corrected chi connectivity index (χ4v) is 2.85. The minimum absolute atomic E-state index is 0.00849. The van der Waals surface area contributed by atoms with Crippen LogP contribution in [0.1, 0.15) is 43.0 Å². The first kappa shape index (κ1) is 13.8. The van der Waals surface area contributed by atoms with Crippen LogP contribution in [0, 0.1) is 5.92 Å². The Morgan fingerprint density at radius 3 is 2.67 bits per heavy atom. The van der Waals surface area contributed by atoms with Gasteiger partial charge in [-0.25, -0.2) is 0 Å². The summed E-state index contributed by atoms with van der Waals surface area (Å²) in [6, 6.07) is 7.53. The Balaban J connectivity index is 1.67. The van der Waals surface area contributed by atoms with E-state index in [4.69, 9.17) is 4.42 Å². The molecule has 0 saturated heterocycles. The van der Waals surface area contributed by atoms with Crippen LogP contribution in [0.25, 0.3) is 11.5 Å². The molecular weight excluding hydrogens is 266 g/mol. The molecule has 1 N–H and O–H groups in total. The highest BCUT2D eigenvalue weighted by molar-refractivity contribution is 5.94. The van der Waals surface area contributed by atoms with E-state index in [9.17, 15) is 4.79 Å². The monoisotopic (exact) mass is 285 g/mol. The number of carbonyl (C=O) groups is 1. The fraction of sp³-hybridized carbons (Fsp3) is 0.438. The molecule has 1 aliphatic carbocycles. The van der Waals surface area contributed by atoms with Crippen molar-refractivity contribution in [1.29, 1.82) is 0 Å². The molecule has 2 atom stereocenters. The number of hydrogen-bond acceptors (Lipinski definition) is 4. The lowest BCUT2D eigenvalue weighted by molar-refractivity contribution is 0.0910. The van der Waals surface area contributed by atoms with Crippen molar-refractivity contribution in [2.45, 2.75) is 38.6 Å². The second-order valence-corrected chi connectivity index (χ2v) is 5.66. The van der Waals surface area contributed by atoms with Crippen molar-refractivity contribution in [2.24, 2.45) is 5.92 Å². The second kappa shape index (κ2) is 6.08. The van der Waals surface area contributed by atoms with Gasteiger partial charge in [0.1, 0.15) is 0 Å². The van der Waals surface area contributed by atoms with Crippen LogP contribution < -0.4 is 5.32 Å². The van der Waals surface area contributed by atoms with Crippen molar-refractivity contribution < 1.29 is 9.21 Å². The lowest BCUT2D eigenvalue weighted by Gasteiger charge is -2.29. The van der Waals surface area contributed by atoms with Crippen molar-refractivity contribution in [3.63, 3.8) is 0 Å². The summed E-state index contributed by atoms with van der Waals surface area (Å²) in [6.07, 6.45) is 6.03. The Kier molecular flexibility index (Phi) is 3.99. The van der Waals surface area contributed by atoms with Gasteiger partial charge in [0.05, 0.1) is 0 Å². The van der Waals surface area contributed by atoms with Gasteiger partial charge in [0.25, 0.3) is 5.91 Å². The number of benzene rings is 1. The minimum atomic E-state index is -0.00849. The number of nitrogens with zero attached hydrogens (tertiary/aromatic N) is 2. The predicted molar refractivity (Wildman–Crippen MR) is 78.6 cm³/mol. The van der Waals surface area contributed by atoms with Crippen molar-refractivity contribution in [1.82, 2.24) is 15.5 Å². The maximum atomic E-state index is 12.3. The Morgan fingerprint density at radius 1 is 1.24 bits per heavy atom. The summed E-state index contributed by atoms with van der Waals surface area (Å²) >= 11 is 0. The molecule has 1 heterocycles. The predicted octanol–water partition coefficient (Wildman–Crippen LogP) is 3.05. The van der Waals surface area contributed by atoms with E-state index in [1.54, 1.807) is 12.1 Å². The van der Waals surface area contributed by atoms with Gasteiger partial charge in [0, 0.05) is 17.2 Å². The van der Waals surface area contributed by atoms with Crippen LogP contribution in [0.3, 0.4) is 0 Å². The summed E-state index contributed by atoms with van der Waals surface area (Å²) in [5.74, 6) is 1.01. The molecule has 5 nitrogen and oxygen atoms in total. The Hall–Kier alpha value is -2.17. The lowest BCUT2D eigenvalue weighted by Crippen LogP contribution is -2.41. The van der Waals surface area contributed by atoms with Crippen molar-refractivity contribution in [3.05, 3.63) is 36.2 Å². The maximum absolute atomic E-state index is 12.3. The molecule has 1 aromatic heterocycles. The molecular formula is C16H19N3O2. The van der Waals surface area contributed by atoms with Crippen LogP contribution in [-0.4, -0.2) is 22.1 Å². The SMILES string of the molecule is C[C@H]1CCCC[C@H]1NC(=O)c1ccc(-c2nnco2)cc1. The first-order chi connectivity index (χ1) is 10.2. The van der Waals surface area contributed by atoms with Crippen molar-refractivity contribution >= 4 is 5.91 Å². The van der Waals surface area contributed by atoms with E-state index in [2.05, 4.69) is 22.4 Å². The van der Waals surface area contributed by atoms with Crippen LogP contribution in [0.15, 0.2) is 35.1 Å². The van der Waals surface area contributed by atoms with Gasteiger partial charge in [-0.05, 0) is 43.0 Å². The van der Waals surface area contributed by atoms with Gasteiger partial charge in [0.15, 0.2) is 0 Å². The average Bonchev–Trinajstić information content (AvgIpc) is 3.04. The molecule has 1 aliphatic rings. The van der Waals surface area contributed by atoms with Crippen LogP contribution in [-0.2, 0) is 0 Å². The summed E-state index contributed by atoms with van der Waals surface area (Å²) in [7, 11) is 0. The molecule has 3 rings (SSSR count). The van der Waals surface area contributed by atoms with E-state index >= 15 is 0 Å². The van der Waals surface area contributed by atoms with Gasteiger partial charge >= 0.3 is 0 Å². The number of amides is 1. The van der Waals surface area contributed by atoms with E-state index in [0.717, 1.165) is 12.0 Å². The highest BCUT2D eigenvalue weighted by Crippen LogP contribution is 2.24. The molecule has 1 fully saturated rings. The highest BCUT2D eigenvalue weighted by Gasteiger charge is 2.23. The number of aromatic nitrogens is 2. The summed E-state index contributed by atoms with van der Waals surface area (Å²) in [5.41, 5.74) is 1.48. The van der Waals surface area contributed by atoms with Gasteiger partial charge < -0.3 is 9.73 Å². The molecule has 0 unspecified atom stereocenters. The summed E-state index contributed by atoms with van der Waals surface area (Å²) in [5, 5.41) is 10.6. The third kappa shape index (κ3) is 3.12.